The van der Waals surface area contributed by atoms with Crippen molar-refractivity contribution in [3.63, 3.8) is 0 Å². The van der Waals surface area contributed by atoms with Crippen molar-refractivity contribution in [2.75, 3.05) is 11.5 Å². The van der Waals surface area contributed by atoms with E-state index in [1.165, 1.54) is 0 Å². The van der Waals surface area contributed by atoms with Crippen LogP contribution >= 0.6 is 23.5 Å². The Hall–Kier alpha value is -0.746. The summed E-state index contributed by atoms with van der Waals surface area (Å²) in [6.07, 6.45) is 1.34. The highest BCUT2D eigenvalue weighted by atomic mass is 32.2. The molecule has 1 aromatic rings. The van der Waals surface area contributed by atoms with Gasteiger partial charge in [0.05, 0.1) is 12.0 Å². The minimum atomic E-state index is -2.11. The molecular formula is C30H51NO4S2Si2. The molecule has 0 aliphatic carbocycles. The van der Waals surface area contributed by atoms with Crippen LogP contribution in [0.15, 0.2) is 30.3 Å². The van der Waals surface area contributed by atoms with E-state index in [0.29, 0.717) is 13.0 Å². The van der Waals surface area contributed by atoms with E-state index in [-0.39, 0.29) is 40.0 Å². The number of amides is 1. The summed E-state index contributed by atoms with van der Waals surface area (Å²) >= 11 is 3.44. The first-order valence-electron chi connectivity index (χ1n) is 14.3. The molecule has 0 saturated carbocycles. The fraction of sp³-hybridized carbons (Fsp3) is 0.733. The summed E-state index contributed by atoms with van der Waals surface area (Å²) in [4.78, 5) is 27.4. The van der Waals surface area contributed by atoms with Crippen molar-refractivity contribution in [3.8, 4) is 0 Å². The van der Waals surface area contributed by atoms with Crippen molar-refractivity contribution in [1.82, 2.24) is 4.57 Å². The van der Waals surface area contributed by atoms with Gasteiger partial charge in [-0.1, -0.05) is 85.0 Å². The van der Waals surface area contributed by atoms with Gasteiger partial charge in [-0.25, -0.2) is 4.79 Å². The average Bonchev–Trinajstić information content (AvgIpc) is 3.29. The lowest BCUT2D eigenvalue weighted by molar-refractivity contribution is -0.155. The Morgan fingerprint density at radius 1 is 1.03 bits per heavy atom. The number of carbonyl (C=O) groups excluding carboxylic acids is 2. The maximum Gasteiger partial charge on any atom is 0.332 e. The highest BCUT2D eigenvalue weighted by Crippen LogP contribution is 2.52. The molecule has 2 saturated heterocycles. The first-order valence-corrected chi connectivity index (χ1v) is 22.2. The Morgan fingerprint density at radius 2 is 1.59 bits per heavy atom. The van der Waals surface area contributed by atoms with Crippen molar-refractivity contribution >= 4 is 52.0 Å². The smallest absolute Gasteiger partial charge is 0.332 e. The number of ether oxygens (including phenoxy) is 1. The predicted octanol–water partition coefficient (Wildman–Crippen LogP) is 7.93. The third kappa shape index (κ3) is 6.84. The lowest BCUT2D eigenvalue weighted by Crippen LogP contribution is -2.75. The fourth-order valence-electron chi connectivity index (χ4n) is 5.15. The Bertz CT molecular complexity index is 1010. The molecule has 0 bridgehead atoms. The molecule has 5 nitrogen and oxygen atoms in total. The molecule has 3 atom stereocenters. The number of nitrogens with zero attached hydrogens (tertiary/aromatic N) is 1. The zero-order valence-electron chi connectivity index (χ0n) is 26.1. The summed E-state index contributed by atoms with van der Waals surface area (Å²) < 4.78 is 14.3. The molecule has 3 unspecified atom stereocenters. The highest BCUT2D eigenvalue weighted by molar-refractivity contribution is 8.22. The number of esters is 1. The van der Waals surface area contributed by atoms with Crippen molar-refractivity contribution in [3.05, 3.63) is 35.9 Å². The number of thioether (sulfide) groups is 2. The Morgan fingerprint density at radius 3 is 2.10 bits per heavy atom. The summed E-state index contributed by atoms with van der Waals surface area (Å²) in [5.74, 6) is 1.82. The third-order valence-corrected chi connectivity index (χ3v) is 23.0. The number of carbonyl (C=O) groups is 2. The minimum absolute atomic E-state index is 0.0402. The standard InChI is InChI=1S/C30H51NO4S2Si2/c1-22(35-39(10,11)29(5,6)7)25-24(31(26(25)32)38(8,9)28(2,3)4)17-18-30(36-19-20-37-30)27(33)34-21-23-15-13-12-14-16-23/h12-16,22,24-25H,17-21H2,1-11H3. The molecule has 0 spiro atoms. The van der Waals surface area contributed by atoms with Crippen LogP contribution in [0.3, 0.4) is 0 Å². The first-order chi connectivity index (χ1) is 17.8. The molecule has 0 radical (unpaired) electrons. The molecule has 3 rings (SSSR count). The van der Waals surface area contributed by atoms with E-state index >= 15 is 0 Å². The molecule has 2 heterocycles. The van der Waals surface area contributed by atoms with Gasteiger partial charge >= 0.3 is 5.97 Å². The molecular weight excluding hydrogens is 559 g/mol. The average molecular weight is 610 g/mol. The van der Waals surface area contributed by atoms with Gasteiger partial charge in [0, 0.05) is 17.5 Å². The van der Waals surface area contributed by atoms with Crippen LogP contribution in [-0.2, 0) is 25.4 Å². The molecule has 2 aliphatic heterocycles. The second kappa shape index (κ2) is 11.9. The Labute approximate surface area is 248 Å². The second-order valence-electron chi connectivity index (χ2n) is 14.2. The maximum absolute atomic E-state index is 13.9. The number of rotatable bonds is 10. The van der Waals surface area contributed by atoms with Crippen LogP contribution in [-0.4, -0.2) is 60.7 Å². The largest absolute Gasteiger partial charge is 0.459 e. The SMILES string of the molecule is CC(O[Si](C)(C)C(C)(C)C)C1C(=O)N([Si](C)(C)C(C)(C)C)C1CCC1(C(=O)OCc2ccccc2)SCCS1. The minimum Gasteiger partial charge on any atom is -0.459 e. The maximum atomic E-state index is 13.9. The number of hydrogen-bond donors (Lipinski definition) is 0. The zero-order valence-corrected chi connectivity index (χ0v) is 29.7. The lowest BCUT2D eigenvalue weighted by Gasteiger charge is -2.60. The van der Waals surface area contributed by atoms with E-state index in [1.807, 2.05) is 30.3 Å². The summed E-state index contributed by atoms with van der Waals surface area (Å²) in [5.41, 5.74) is 0.999. The van der Waals surface area contributed by atoms with Crippen molar-refractivity contribution in [2.24, 2.45) is 5.92 Å². The quantitative estimate of drug-likeness (QED) is 0.153. The lowest BCUT2D eigenvalue weighted by atomic mass is 9.83. The van der Waals surface area contributed by atoms with Crippen LogP contribution in [0.2, 0.25) is 36.3 Å². The summed E-state index contributed by atoms with van der Waals surface area (Å²) in [6.45, 7) is 25.1. The van der Waals surface area contributed by atoms with Gasteiger partial charge < -0.3 is 13.7 Å². The van der Waals surface area contributed by atoms with Gasteiger partial charge in [-0.2, -0.15) is 0 Å². The molecule has 39 heavy (non-hydrogen) atoms. The summed E-state index contributed by atoms with van der Waals surface area (Å²) in [5, 5.41) is 0.116. The van der Waals surface area contributed by atoms with Gasteiger partial charge in [0.15, 0.2) is 20.6 Å². The second-order valence-corrected chi connectivity index (χ2v) is 27.1. The summed E-state index contributed by atoms with van der Waals surface area (Å²) in [6, 6.07) is 9.96. The third-order valence-electron chi connectivity index (χ3n) is 9.55. The summed E-state index contributed by atoms with van der Waals surface area (Å²) in [7, 11) is -4.15. The van der Waals surface area contributed by atoms with Crippen LogP contribution in [0.4, 0.5) is 0 Å². The van der Waals surface area contributed by atoms with Gasteiger partial charge in [0.25, 0.3) is 0 Å². The normalized spacial score (nSPS) is 22.9. The first kappa shape index (κ1) is 32.8. The van der Waals surface area contributed by atoms with E-state index < -0.39 is 20.6 Å². The van der Waals surface area contributed by atoms with Crippen molar-refractivity contribution < 1.29 is 18.8 Å². The van der Waals surface area contributed by atoms with Crippen LogP contribution in [0.5, 0.6) is 0 Å². The molecule has 0 N–H and O–H groups in total. The van der Waals surface area contributed by atoms with Crippen LogP contribution in [0.25, 0.3) is 0 Å². The zero-order chi connectivity index (χ0) is 29.4. The van der Waals surface area contributed by atoms with Gasteiger partial charge in [-0.05, 0) is 48.5 Å². The van der Waals surface area contributed by atoms with Gasteiger partial charge in [0.1, 0.15) is 6.61 Å². The van der Waals surface area contributed by atoms with Gasteiger partial charge in [-0.15, -0.1) is 23.5 Å². The molecule has 1 aromatic carbocycles. The van der Waals surface area contributed by atoms with E-state index in [0.717, 1.165) is 23.5 Å². The molecule has 220 valence electrons. The monoisotopic (exact) mass is 609 g/mol. The molecule has 1 amide bonds. The molecule has 2 aliphatic rings. The van der Waals surface area contributed by atoms with E-state index in [9.17, 15) is 9.59 Å². The number of β-lactam (4-membered cyclic amide) rings is 1. The molecule has 2 fully saturated rings. The fourth-order valence-corrected chi connectivity index (χ4v) is 12.2. The van der Waals surface area contributed by atoms with Gasteiger partial charge in [0.2, 0.25) is 5.91 Å². The van der Waals surface area contributed by atoms with E-state index in [1.54, 1.807) is 23.5 Å². The number of benzene rings is 1. The Kier molecular flexibility index (Phi) is 9.96. The van der Waals surface area contributed by atoms with E-state index in [4.69, 9.17) is 9.16 Å². The molecule has 0 aromatic heterocycles. The topological polar surface area (TPSA) is 55.8 Å². The van der Waals surface area contributed by atoms with Gasteiger partial charge in [-0.3, -0.25) is 4.79 Å². The number of hydrogen-bond acceptors (Lipinski definition) is 6. The van der Waals surface area contributed by atoms with Crippen LogP contribution in [0.1, 0.15) is 66.9 Å². The van der Waals surface area contributed by atoms with Crippen molar-refractivity contribution in [2.45, 2.75) is 120 Å². The van der Waals surface area contributed by atoms with Crippen molar-refractivity contribution in [1.29, 1.82) is 0 Å². The van der Waals surface area contributed by atoms with E-state index in [2.05, 4.69) is 79.2 Å². The Balaban J connectivity index is 1.83. The molecule has 9 heteroatoms. The highest BCUT2D eigenvalue weighted by Gasteiger charge is 2.60. The van der Waals surface area contributed by atoms with Crippen LogP contribution < -0.4 is 0 Å². The predicted molar refractivity (Wildman–Crippen MR) is 172 cm³/mol. The van der Waals surface area contributed by atoms with Crippen LogP contribution in [0, 0.1) is 5.92 Å².